The maximum absolute atomic E-state index is 13.0. The van der Waals surface area contributed by atoms with Gasteiger partial charge >= 0.3 is 0 Å². The zero-order valence-corrected chi connectivity index (χ0v) is 14.9. The van der Waals surface area contributed by atoms with E-state index in [9.17, 15) is 15.0 Å². The maximum atomic E-state index is 13.0. The van der Waals surface area contributed by atoms with Crippen molar-refractivity contribution < 1.29 is 15.0 Å². The minimum atomic E-state index is -1.03. The highest BCUT2D eigenvalue weighted by atomic mass is 16.3. The molecule has 0 aromatic carbocycles. The van der Waals surface area contributed by atoms with Crippen molar-refractivity contribution >= 4 is 5.78 Å². The molecule has 0 aliphatic heterocycles. The van der Waals surface area contributed by atoms with Gasteiger partial charge in [0.05, 0.1) is 11.7 Å². The summed E-state index contributed by atoms with van der Waals surface area (Å²) in [5, 5.41) is 22.5. The second-order valence-corrected chi connectivity index (χ2v) is 9.12. The van der Waals surface area contributed by atoms with Gasteiger partial charge in [-0.1, -0.05) is 46.3 Å². The van der Waals surface area contributed by atoms with Crippen molar-refractivity contribution in [2.45, 2.75) is 71.5 Å². The molecule has 0 saturated heterocycles. The number of rotatable bonds is 1. The molecule has 1 unspecified atom stereocenters. The van der Waals surface area contributed by atoms with E-state index in [-0.39, 0.29) is 29.0 Å². The third-order valence-corrected chi connectivity index (χ3v) is 7.34. The van der Waals surface area contributed by atoms with Crippen molar-refractivity contribution in [2.75, 3.05) is 0 Å². The van der Waals surface area contributed by atoms with E-state index in [2.05, 4.69) is 20.4 Å². The lowest BCUT2D eigenvalue weighted by molar-refractivity contribution is -0.204. The molecule has 128 valence electrons. The number of Topliss-reactive ketones (excluding diaryl/α,β-unsaturated/α-hetero) is 1. The van der Waals surface area contributed by atoms with Gasteiger partial charge in [0.15, 0.2) is 5.78 Å². The predicted octanol–water partition coefficient (Wildman–Crippen LogP) is 3.41. The van der Waals surface area contributed by atoms with Gasteiger partial charge in [0, 0.05) is 28.7 Å². The minimum Gasteiger partial charge on any atom is -0.392 e. The van der Waals surface area contributed by atoms with E-state index in [1.807, 2.05) is 26.0 Å². The molecule has 3 heteroatoms. The first-order valence-corrected chi connectivity index (χ1v) is 8.81. The van der Waals surface area contributed by atoms with Crippen LogP contribution in [-0.4, -0.2) is 27.7 Å². The lowest BCUT2D eigenvalue weighted by atomic mass is 9.44. The van der Waals surface area contributed by atoms with Crippen molar-refractivity contribution in [1.82, 2.24) is 0 Å². The SMILES string of the molecule is C=C[C@@]1(C)C=C2C(=O)C[C@@]3(O)[C@@H](CCCC3(C)C)[C@]2(C)C(O)C1. The molecule has 0 spiro atoms. The number of fused-ring (bicyclic) bond motifs is 3. The standard InChI is InChI=1S/C20H30O3/c1-6-18(4)10-13-14(21)11-20(23)15(8-7-9-17(20,2)3)19(13,5)16(22)12-18/h6,10,15-16,22-23H,1,7-9,11-12H2,2-5H3/t15-,16?,18-,19+,20+/m0/s1. The second-order valence-electron chi connectivity index (χ2n) is 9.12. The first-order chi connectivity index (χ1) is 10.5. The van der Waals surface area contributed by atoms with Crippen LogP contribution in [0.1, 0.15) is 59.8 Å². The van der Waals surface area contributed by atoms with Gasteiger partial charge < -0.3 is 10.2 Å². The molecular weight excluding hydrogens is 288 g/mol. The summed E-state index contributed by atoms with van der Waals surface area (Å²) in [6.07, 6.45) is 6.73. The van der Waals surface area contributed by atoms with Crippen LogP contribution in [0.4, 0.5) is 0 Å². The molecule has 0 amide bonds. The third kappa shape index (κ3) is 2.05. The number of ketones is 1. The van der Waals surface area contributed by atoms with Crippen LogP contribution in [0.25, 0.3) is 0 Å². The molecule has 0 aromatic rings. The van der Waals surface area contributed by atoms with E-state index in [1.165, 1.54) is 0 Å². The number of hydrogen-bond acceptors (Lipinski definition) is 3. The Morgan fingerprint density at radius 2 is 1.96 bits per heavy atom. The fourth-order valence-electron chi connectivity index (χ4n) is 5.47. The van der Waals surface area contributed by atoms with Crippen LogP contribution in [0, 0.1) is 22.2 Å². The first-order valence-electron chi connectivity index (χ1n) is 8.81. The molecule has 3 nitrogen and oxygen atoms in total. The zero-order chi connectivity index (χ0) is 17.3. The lowest BCUT2D eigenvalue weighted by Crippen LogP contribution is -2.66. The van der Waals surface area contributed by atoms with Gasteiger partial charge in [-0.05, 0) is 24.7 Å². The molecule has 0 heterocycles. The lowest BCUT2D eigenvalue weighted by Gasteiger charge is -2.62. The van der Waals surface area contributed by atoms with Crippen LogP contribution in [0.15, 0.2) is 24.3 Å². The average Bonchev–Trinajstić information content (AvgIpc) is 2.44. The van der Waals surface area contributed by atoms with Crippen LogP contribution >= 0.6 is 0 Å². The van der Waals surface area contributed by atoms with E-state index in [1.54, 1.807) is 0 Å². The quantitative estimate of drug-likeness (QED) is 0.729. The van der Waals surface area contributed by atoms with E-state index in [0.29, 0.717) is 12.0 Å². The summed E-state index contributed by atoms with van der Waals surface area (Å²) in [5.74, 6) is -0.0832. The van der Waals surface area contributed by atoms with Crippen LogP contribution in [-0.2, 0) is 4.79 Å². The third-order valence-electron chi connectivity index (χ3n) is 7.34. The number of carbonyl (C=O) groups excluding carboxylic acids is 1. The van der Waals surface area contributed by atoms with Gasteiger partial charge in [0.2, 0.25) is 0 Å². The highest BCUT2D eigenvalue weighted by Gasteiger charge is 2.65. The highest BCUT2D eigenvalue weighted by Crippen LogP contribution is 2.63. The van der Waals surface area contributed by atoms with Crippen molar-refractivity contribution in [2.24, 2.45) is 22.2 Å². The Hall–Kier alpha value is -0.930. The Labute approximate surface area is 139 Å². The molecule has 3 rings (SSSR count). The molecule has 5 atom stereocenters. The molecular formula is C20H30O3. The smallest absolute Gasteiger partial charge is 0.162 e. The van der Waals surface area contributed by atoms with E-state index < -0.39 is 17.1 Å². The van der Waals surface area contributed by atoms with Gasteiger partial charge in [-0.3, -0.25) is 4.79 Å². The van der Waals surface area contributed by atoms with Crippen LogP contribution < -0.4 is 0 Å². The van der Waals surface area contributed by atoms with Gasteiger partial charge in [-0.25, -0.2) is 0 Å². The molecule has 2 saturated carbocycles. The van der Waals surface area contributed by atoms with Crippen LogP contribution in [0.5, 0.6) is 0 Å². The predicted molar refractivity (Wildman–Crippen MR) is 90.8 cm³/mol. The first kappa shape index (κ1) is 16.9. The largest absolute Gasteiger partial charge is 0.392 e. The Morgan fingerprint density at radius 3 is 2.57 bits per heavy atom. The Kier molecular flexibility index (Phi) is 3.53. The van der Waals surface area contributed by atoms with E-state index in [4.69, 9.17) is 0 Å². The second kappa shape index (κ2) is 4.80. The summed E-state index contributed by atoms with van der Waals surface area (Å²) in [4.78, 5) is 13.0. The Morgan fingerprint density at radius 1 is 1.30 bits per heavy atom. The number of hydrogen-bond donors (Lipinski definition) is 2. The van der Waals surface area contributed by atoms with Crippen molar-refractivity contribution in [3.8, 4) is 0 Å². The van der Waals surface area contributed by atoms with E-state index in [0.717, 1.165) is 19.3 Å². The van der Waals surface area contributed by atoms with Crippen molar-refractivity contribution in [1.29, 1.82) is 0 Å². The Balaban J connectivity index is 2.18. The normalized spacial score (nSPS) is 49.0. The molecule has 2 N–H and O–H groups in total. The summed E-state index contributed by atoms with van der Waals surface area (Å²) < 4.78 is 0. The number of aliphatic hydroxyl groups is 2. The average molecular weight is 318 g/mol. The van der Waals surface area contributed by atoms with Gasteiger partial charge in [0.25, 0.3) is 0 Å². The van der Waals surface area contributed by atoms with E-state index >= 15 is 0 Å². The molecule has 2 fully saturated rings. The highest BCUT2D eigenvalue weighted by molar-refractivity contribution is 5.99. The Bertz CT molecular complexity index is 590. The monoisotopic (exact) mass is 318 g/mol. The van der Waals surface area contributed by atoms with Crippen LogP contribution in [0.2, 0.25) is 0 Å². The summed E-state index contributed by atoms with van der Waals surface area (Å²) in [5.41, 5.74) is -1.64. The molecule has 3 aliphatic rings. The number of carbonyl (C=O) groups is 1. The summed E-state index contributed by atoms with van der Waals surface area (Å²) >= 11 is 0. The fourth-order valence-corrected chi connectivity index (χ4v) is 5.47. The van der Waals surface area contributed by atoms with Gasteiger partial charge in [-0.15, -0.1) is 6.58 Å². The molecule has 0 bridgehead atoms. The molecule has 0 aromatic heterocycles. The van der Waals surface area contributed by atoms with Crippen LogP contribution in [0.3, 0.4) is 0 Å². The molecule has 3 aliphatic carbocycles. The molecule has 0 radical (unpaired) electrons. The molecule has 23 heavy (non-hydrogen) atoms. The number of aliphatic hydroxyl groups excluding tert-OH is 1. The summed E-state index contributed by atoms with van der Waals surface area (Å²) in [6, 6.07) is 0. The van der Waals surface area contributed by atoms with Gasteiger partial charge in [0.1, 0.15) is 0 Å². The fraction of sp³-hybridized carbons (Fsp3) is 0.750. The van der Waals surface area contributed by atoms with Crippen molar-refractivity contribution in [3.05, 3.63) is 24.3 Å². The minimum absolute atomic E-state index is 0.00644. The summed E-state index contributed by atoms with van der Waals surface area (Å²) in [7, 11) is 0. The zero-order valence-electron chi connectivity index (χ0n) is 14.9. The maximum Gasteiger partial charge on any atom is 0.162 e. The van der Waals surface area contributed by atoms with Gasteiger partial charge in [-0.2, -0.15) is 0 Å². The topological polar surface area (TPSA) is 57.5 Å². The number of allylic oxidation sites excluding steroid dienone is 2. The summed E-state index contributed by atoms with van der Waals surface area (Å²) in [6.45, 7) is 12.0. The van der Waals surface area contributed by atoms with Crippen molar-refractivity contribution in [3.63, 3.8) is 0 Å².